The molecular weight excluding hydrogens is 532 g/mol. The highest BCUT2D eigenvalue weighted by molar-refractivity contribution is 5.92. The Kier molecular flexibility index (Phi) is 6.64. The standard InChI is InChI=1S/C17H21NO3.C17H19NO3/c2*1-18-8-7-17-6-5-12(19)9-14(17)21-16-13(20-2)4-3-11(10-18)15(16)17/h3-6,12,14,19H,7-10H2,1-2H3;3-6,14H,7-10H2,1-2H3/t12?,14?,17-;14?,17-/m00/s1. The van der Waals surface area contributed by atoms with E-state index in [0.29, 0.717) is 12.8 Å². The molecule has 0 saturated carbocycles. The number of benzene rings is 2. The van der Waals surface area contributed by atoms with Crippen molar-refractivity contribution in [3.05, 3.63) is 70.8 Å². The minimum absolute atomic E-state index is 0.00838. The van der Waals surface area contributed by atoms with E-state index < -0.39 is 6.10 Å². The van der Waals surface area contributed by atoms with Crippen molar-refractivity contribution in [2.45, 2.75) is 67.9 Å². The van der Waals surface area contributed by atoms with Crippen molar-refractivity contribution in [1.29, 1.82) is 0 Å². The number of aliphatic hydroxyl groups is 1. The molecule has 4 heterocycles. The lowest BCUT2D eigenvalue weighted by atomic mass is 9.69. The lowest BCUT2D eigenvalue weighted by molar-refractivity contribution is -0.117. The fraction of sp³-hybridized carbons (Fsp3) is 0.500. The molecule has 5 atom stereocenters. The second-order valence-electron chi connectivity index (χ2n) is 12.7. The van der Waals surface area contributed by atoms with E-state index in [-0.39, 0.29) is 28.8 Å². The maximum atomic E-state index is 11.8. The quantitative estimate of drug-likeness (QED) is 0.543. The minimum atomic E-state index is -0.412. The predicted molar refractivity (Wildman–Crippen MR) is 159 cm³/mol. The average molecular weight is 573 g/mol. The number of allylic oxidation sites excluding steroid dienone is 1. The molecule has 0 bridgehead atoms. The summed E-state index contributed by atoms with van der Waals surface area (Å²) < 4.78 is 23.4. The van der Waals surface area contributed by atoms with Crippen molar-refractivity contribution < 1.29 is 28.8 Å². The highest BCUT2D eigenvalue weighted by atomic mass is 16.5. The van der Waals surface area contributed by atoms with Crippen LogP contribution in [0.3, 0.4) is 0 Å². The Morgan fingerprint density at radius 1 is 0.833 bits per heavy atom. The van der Waals surface area contributed by atoms with Gasteiger partial charge >= 0.3 is 0 Å². The Morgan fingerprint density at radius 2 is 1.38 bits per heavy atom. The summed E-state index contributed by atoms with van der Waals surface area (Å²) in [6.07, 6.45) is 10.5. The van der Waals surface area contributed by atoms with Gasteiger partial charge in [0.1, 0.15) is 12.2 Å². The molecule has 0 saturated heterocycles. The van der Waals surface area contributed by atoms with Crippen molar-refractivity contribution in [2.75, 3.05) is 41.4 Å². The third-order valence-electron chi connectivity index (χ3n) is 10.2. The zero-order chi connectivity index (χ0) is 29.2. The summed E-state index contributed by atoms with van der Waals surface area (Å²) >= 11 is 0. The van der Waals surface area contributed by atoms with Crippen molar-refractivity contribution in [2.24, 2.45) is 0 Å². The molecule has 0 aromatic heterocycles. The van der Waals surface area contributed by atoms with Gasteiger partial charge in [0.2, 0.25) is 0 Å². The van der Waals surface area contributed by atoms with Crippen molar-refractivity contribution in [3.63, 3.8) is 0 Å². The molecule has 222 valence electrons. The van der Waals surface area contributed by atoms with Crippen LogP contribution in [-0.2, 0) is 28.7 Å². The Bertz CT molecular complexity index is 1480. The molecule has 42 heavy (non-hydrogen) atoms. The van der Waals surface area contributed by atoms with Gasteiger partial charge in [-0.15, -0.1) is 0 Å². The van der Waals surface area contributed by atoms with Crippen LogP contribution < -0.4 is 18.9 Å². The van der Waals surface area contributed by atoms with E-state index in [2.05, 4.69) is 48.2 Å². The Morgan fingerprint density at radius 3 is 1.95 bits per heavy atom. The number of ketones is 1. The molecular formula is C34H40N2O6. The van der Waals surface area contributed by atoms with Crippen LogP contribution in [0.4, 0.5) is 0 Å². The summed E-state index contributed by atoms with van der Waals surface area (Å²) in [5, 5.41) is 9.97. The molecule has 0 amide bonds. The maximum Gasteiger partial charge on any atom is 0.166 e. The van der Waals surface area contributed by atoms with Crippen LogP contribution in [0.2, 0.25) is 0 Å². The molecule has 2 spiro atoms. The van der Waals surface area contributed by atoms with Crippen LogP contribution in [0.25, 0.3) is 0 Å². The first kappa shape index (κ1) is 27.5. The van der Waals surface area contributed by atoms with Gasteiger partial charge in [0, 0.05) is 37.1 Å². The third-order valence-corrected chi connectivity index (χ3v) is 10.2. The molecule has 8 rings (SSSR count). The number of methoxy groups -OCH3 is 2. The second kappa shape index (κ2) is 10.1. The number of hydrogen-bond acceptors (Lipinski definition) is 8. The van der Waals surface area contributed by atoms with Crippen molar-refractivity contribution in [1.82, 2.24) is 9.80 Å². The molecule has 6 aliphatic rings. The molecule has 3 unspecified atom stereocenters. The zero-order valence-corrected chi connectivity index (χ0v) is 24.9. The van der Waals surface area contributed by atoms with Gasteiger partial charge in [-0.1, -0.05) is 30.4 Å². The van der Waals surface area contributed by atoms with Crippen LogP contribution in [-0.4, -0.2) is 80.4 Å². The van der Waals surface area contributed by atoms with Crippen LogP contribution >= 0.6 is 0 Å². The zero-order valence-electron chi connectivity index (χ0n) is 24.9. The average Bonchev–Trinajstić information content (AvgIpc) is 3.38. The van der Waals surface area contributed by atoms with Crippen molar-refractivity contribution in [3.8, 4) is 23.0 Å². The highest BCUT2D eigenvalue weighted by Gasteiger charge is 2.54. The number of ether oxygens (including phenoxy) is 4. The smallest absolute Gasteiger partial charge is 0.166 e. The highest BCUT2D eigenvalue weighted by Crippen LogP contribution is 2.56. The largest absolute Gasteiger partial charge is 0.493 e. The number of aliphatic hydroxyl groups excluding tert-OH is 1. The number of hydrogen-bond donors (Lipinski definition) is 1. The van der Waals surface area contributed by atoms with Crippen molar-refractivity contribution >= 4 is 5.78 Å². The van der Waals surface area contributed by atoms with Gasteiger partial charge in [0.25, 0.3) is 0 Å². The Balaban J connectivity index is 0.000000137. The van der Waals surface area contributed by atoms with Gasteiger partial charge in [-0.05, 0) is 69.4 Å². The Labute approximate surface area is 247 Å². The molecule has 0 radical (unpaired) electrons. The fourth-order valence-electron chi connectivity index (χ4n) is 8.03. The molecule has 8 heteroatoms. The number of carbonyl (C=O) groups is 1. The topological polar surface area (TPSA) is 80.7 Å². The molecule has 0 fully saturated rings. The van der Waals surface area contributed by atoms with Gasteiger partial charge in [0.15, 0.2) is 28.8 Å². The lowest BCUT2D eigenvalue weighted by Gasteiger charge is -2.35. The van der Waals surface area contributed by atoms with Gasteiger partial charge in [-0.25, -0.2) is 0 Å². The summed E-state index contributed by atoms with van der Waals surface area (Å²) in [6.45, 7) is 3.86. The summed E-state index contributed by atoms with van der Waals surface area (Å²) in [7, 11) is 7.65. The second-order valence-corrected chi connectivity index (χ2v) is 12.7. The van der Waals surface area contributed by atoms with E-state index in [1.165, 1.54) is 22.3 Å². The maximum absolute atomic E-state index is 11.8. The lowest BCUT2D eigenvalue weighted by Crippen LogP contribution is -2.42. The molecule has 2 aromatic rings. The van der Waals surface area contributed by atoms with E-state index >= 15 is 0 Å². The summed E-state index contributed by atoms with van der Waals surface area (Å²) in [5.74, 6) is 3.45. The summed E-state index contributed by atoms with van der Waals surface area (Å²) in [6, 6.07) is 8.27. The van der Waals surface area contributed by atoms with Gasteiger partial charge < -0.3 is 33.9 Å². The fourth-order valence-corrected chi connectivity index (χ4v) is 8.03. The monoisotopic (exact) mass is 572 g/mol. The first-order chi connectivity index (χ1) is 20.3. The van der Waals surface area contributed by atoms with Gasteiger partial charge in [0.05, 0.1) is 31.2 Å². The van der Waals surface area contributed by atoms with Gasteiger partial charge in [-0.2, -0.15) is 0 Å². The Hall–Kier alpha value is -3.33. The molecule has 1 N–H and O–H groups in total. The van der Waals surface area contributed by atoms with Crippen LogP contribution in [0, 0.1) is 0 Å². The first-order valence-corrected chi connectivity index (χ1v) is 15.0. The minimum Gasteiger partial charge on any atom is -0.493 e. The van der Waals surface area contributed by atoms with E-state index in [4.69, 9.17) is 18.9 Å². The third kappa shape index (κ3) is 4.10. The van der Waals surface area contributed by atoms with E-state index in [1.54, 1.807) is 20.3 Å². The number of rotatable bonds is 2. The molecule has 4 aliphatic heterocycles. The molecule has 2 aromatic carbocycles. The van der Waals surface area contributed by atoms with Crippen LogP contribution in [0.1, 0.15) is 47.9 Å². The van der Waals surface area contributed by atoms with E-state index in [9.17, 15) is 9.90 Å². The number of nitrogens with zero attached hydrogens (tertiary/aromatic N) is 2. The molecule has 8 nitrogen and oxygen atoms in total. The van der Waals surface area contributed by atoms with Gasteiger partial charge in [-0.3, -0.25) is 4.79 Å². The van der Waals surface area contributed by atoms with E-state index in [0.717, 1.165) is 62.0 Å². The SMILES string of the molecule is COc1ccc2c3c1OC1CC(=O)C=C[C@@]31CCN(C)C2.COc1ccc2c3c1OC1CC(O)C=C[C@@]31CCN(C)C2. The van der Waals surface area contributed by atoms with Crippen LogP contribution in [0.5, 0.6) is 23.0 Å². The normalized spacial score (nSPS) is 32.1. The first-order valence-electron chi connectivity index (χ1n) is 15.0. The number of carbonyl (C=O) groups excluding carboxylic acids is 1. The molecule has 2 aliphatic carbocycles. The van der Waals surface area contributed by atoms with Crippen LogP contribution in [0.15, 0.2) is 48.6 Å². The van der Waals surface area contributed by atoms with E-state index in [1.807, 2.05) is 18.2 Å². The summed E-state index contributed by atoms with van der Waals surface area (Å²) in [5.41, 5.74) is 4.84. The summed E-state index contributed by atoms with van der Waals surface area (Å²) in [4.78, 5) is 16.5. The predicted octanol–water partition coefficient (Wildman–Crippen LogP) is 3.91.